The van der Waals surface area contributed by atoms with E-state index in [1.54, 1.807) is 7.11 Å². The Hall–Kier alpha value is -0.980. The van der Waals surface area contributed by atoms with Gasteiger partial charge in [0.05, 0.1) is 19.8 Å². The summed E-state index contributed by atoms with van der Waals surface area (Å²) in [6.07, 6.45) is 1.49. The summed E-state index contributed by atoms with van der Waals surface area (Å²) < 4.78 is 18.2. The second-order valence-electron chi connectivity index (χ2n) is 10.2. The van der Waals surface area contributed by atoms with Gasteiger partial charge in [-0.25, -0.2) is 0 Å². The third kappa shape index (κ3) is 4.44. The monoisotopic (exact) mass is 391 g/mol. The Morgan fingerprint density at radius 3 is 2.00 bits per heavy atom. The standard InChI is InChI=1S/C23H37NO4/c1-18(19-11-9-8-10-12-19)28-24-20(2,3)13-23(14-21(24,4)5)26-16-22(6,15-25-7)17-27-23/h8-12,18H,13-17H2,1-7H3. The molecular weight excluding hydrogens is 354 g/mol. The van der Waals surface area contributed by atoms with Gasteiger partial charge in [-0.1, -0.05) is 37.3 Å². The lowest BCUT2D eigenvalue weighted by Gasteiger charge is -2.59. The number of nitrogens with zero attached hydrogens (tertiary/aromatic N) is 1. The van der Waals surface area contributed by atoms with Crippen LogP contribution in [0, 0.1) is 5.41 Å². The van der Waals surface area contributed by atoms with Gasteiger partial charge in [-0.05, 0) is 40.2 Å². The fourth-order valence-corrected chi connectivity index (χ4v) is 4.90. The molecule has 0 bridgehead atoms. The fraction of sp³-hybridized carbons (Fsp3) is 0.739. The zero-order chi connectivity index (χ0) is 20.6. The molecule has 1 aromatic rings. The average molecular weight is 392 g/mol. The van der Waals surface area contributed by atoms with Crippen LogP contribution in [-0.2, 0) is 19.0 Å². The van der Waals surface area contributed by atoms with E-state index in [1.165, 1.54) is 5.56 Å². The van der Waals surface area contributed by atoms with Crippen molar-refractivity contribution < 1.29 is 19.0 Å². The summed E-state index contributed by atoms with van der Waals surface area (Å²) in [5.74, 6) is -0.573. The van der Waals surface area contributed by atoms with Crippen molar-refractivity contribution in [1.29, 1.82) is 0 Å². The second-order valence-corrected chi connectivity index (χ2v) is 10.2. The Morgan fingerprint density at radius 2 is 1.50 bits per heavy atom. The van der Waals surface area contributed by atoms with Crippen LogP contribution in [0.1, 0.15) is 66.1 Å². The van der Waals surface area contributed by atoms with Crippen molar-refractivity contribution in [3.8, 4) is 0 Å². The predicted octanol–water partition coefficient (Wildman–Crippen LogP) is 4.73. The van der Waals surface area contributed by atoms with Crippen molar-refractivity contribution in [2.24, 2.45) is 5.41 Å². The van der Waals surface area contributed by atoms with Crippen LogP contribution in [0.15, 0.2) is 30.3 Å². The van der Waals surface area contributed by atoms with Crippen molar-refractivity contribution in [2.75, 3.05) is 26.9 Å². The Labute approximate surface area is 170 Å². The summed E-state index contributed by atoms with van der Waals surface area (Å²) in [5.41, 5.74) is 0.610. The van der Waals surface area contributed by atoms with Gasteiger partial charge in [-0.15, -0.1) is 0 Å². The van der Waals surface area contributed by atoms with Crippen LogP contribution < -0.4 is 0 Å². The molecule has 0 saturated carbocycles. The smallest absolute Gasteiger partial charge is 0.171 e. The van der Waals surface area contributed by atoms with E-state index in [2.05, 4.69) is 70.9 Å². The molecule has 5 heteroatoms. The number of hydroxylamine groups is 2. The first-order valence-electron chi connectivity index (χ1n) is 10.3. The highest BCUT2D eigenvalue weighted by molar-refractivity contribution is 5.17. The van der Waals surface area contributed by atoms with E-state index in [0.717, 1.165) is 12.8 Å². The molecule has 0 radical (unpaired) electrons. The van der Waals surface area contributed by atoms with Crippen LogP contribution in [0.25, 0.3) is 0 Å². The third-order valence-corrected chi connectivity index (χ3v) is 5.90. The molecule has 2 aliphatic rings. The summed E-state index contributed by atoms with van der Waals surface area (Å²) in [6, 6.07) is 10.4. The Bertz CT molecular complexity index is 630. The van der Waals surface area contributed by atoms with Gasteiger partial charge in [0.2, 0.25) is 0 Å². The number of benzene rings is 1. The minimum absolute atomic E-state index is 0.0213. The van der Waals surface area contributed by atoms with Gasteiger partial charge in [0.25, 0.3) is 0 Å². The van der Waals surface area contributed by atoms with E-state index >= 15 is 0 Å². The molecule has 1 unspecified atom stereocenters. The molecule has 5 nitrogen and oxygen atoms in total. The van der Waals surface area contributed by atoms with E-state index in [-0.39, 0.29) is 22.6 Å². The molecule has 1 atom stereocenters. The quantitative estimate of drug-likeness (QED) is 0.726. The van der Waals surface area contributed by atoms with Crippen molar-refractivity contribution in [1.82, 2.24) is 5.06 Å². The van der Waals surface area contributed by atoms with Gasteiger partial charge in [0, 0.05) is 36.4 Å². The molecule has 0 aromatic heterocycles. The molecule has 0 N–H and O–H groups in total. The van der Waals surface area contributed by atoms with Gasteiger partial charge >= 0.3 is 0 Å². The van der Waals surface area contributed by atoms with E-state index in [1.807, 2.05) is 6.07 Å². The number of methoxy groups -OCH3 is 1. The first-order valence-corrected chi connectivity index (χ1v) is 10.3. The van der Waals surface area contributed by atoms with E-state index < -0.39 is 5.79 Å². The second kappa shape index (κ2) is 7.69. The highest BCUT2D eigenvalue weighted by Crippen LogP contribution is 2.49. The van der Waals surface area contributed by atoms with E-state index in [9.17, 15) is 0 Å². The van der Waals surface area contributed by atoms with Crippen LogP contribution in [0.5, 0.6) is 0 Å². The van der Waals surface area contributed by atoms with E-state index in [0.29, 0.717) is 19.8 Å². The highest BCUT2D eigenvalue weighted by atomic mass is 16.7. The van der Waals surface area contributed by atoms with Gasteiger partial charge < -0.3 is 14.2 Å². The zero-order valence-electron chi connectivity index (χ0n) is 18.6. The molecule has 1 spiro atoms. The van der Waals surface area contributed by atoms with Crippen LogP contribution in [0.3, 0.4) is 0 Å². The summed E-state index contributed by atoms with van der Waals surface area (Å²) >= 11 is 0. The minimum Gasteiger partial charge on any atom is -0.384 e. The van der Waals surface area contributed by atoms with Gasteiger partial charge in [0.1, 0.15) is 6.10 Å². The predicted molar refractivity (Wildman–Crippen MR) is 110 cm³/mol. The third-order valence-electron chi connectivity index (χ3n) is 5.90. The van der Waals surface area contributed by atoms with Crippen LogP contribution in [0.2, 0.25) is 0 Å². The van der Waals surface area contributed by atoms with Crippen LogP contribution in [0.4, 0.5) is 0 Å². The summed E-state index contributed by atoms with van der Waals surface area (Å²) in [4.78, 5) is 6.52. The van der Waals surface area contributed by atoms with Crippen LogP contribution >= 0.6 is 0 Å². The van der Waals surface area contributed by atoms with Gasteiger partial charge in [-0.3, -0.25) is 4.84 Å². The number of hydrogen-bond acceptors (Lipinski definition) is 5. The maximum absolute atomic E-state index is 6.52. The molecule has 2 fully saturated rings. The Morgan fingerprint density at radius 1 is 0.964 bits per heavy atom. The summed E-state index contributed by atoms with van der Waals surface area (Å²) in [6.45, 7) is 15.0. The molecule has 2 saturated heterocycles. The molecule has 3 rings (SSSR count). The van der Waals surface area contributed by atoms with Gasteiger partial charge in [0.15, 0.2) is 5.79 Å². The number of piperidine rings is 1. The molecule has 2 heterocycles. The largest absolute Gasteiger partial charge is 0.384 e. The molecular formula is C23H37NO4. The van der Waals surface area contributed by atoms with Gasteiger partial charge in [-0.2, -0.15) is 5.06 Å². The van der Waals surface area contributed by atoms with Crippen molar-refractivity contribution >= 4 is 0 Å². The highest BCUT2D eigenvalue weighted by Gasteiger charge is 2.57. The molecule has 0 aliphatic carbocycles. The van der Waals surface area contributed by atoms with E-state index in [4.69, 9.17) is 19.0 Å². The Balaban J connectivity index is 1.75. The normalized spacial score (nSPS) is 26.8. The number of ether oxygens (including phenoxy) is 3. The SMILES string of the molecule is COCC1(C)COC2(CC(C)(C)N(OC(C)c3ccccc3)C(C)(C)C2)OC1. The lowest BCUT2D eigenvalue weighted by molar-refractivity contribution is -0.390. The summed E-state index contributed by atoms with van der Waals surface area (Å²) in [5, 5.41) is 2.17. The van der Waals surface area contributed by atoms with Crippen molar-refractivity contribution in [2.45, 2.75) is 77.4 Å². The zero-order valence-corrected chi connectivity index (χ0v) is 18.6. The maximum Gasteiger partial charge on any atom is 0.171 e. The first-order chi connectivity index (χ1) is 13.0. The molecule has 158 valence electrons. The molecule has 28 heavy (non-hydrogen) atoms. The molecule has 1 aromatic carbocycles. The fourth-order valence-electron chi connectivity index (χ4n) is 4.90. The number of rotatable bonds is 5. The minimum atomic E-state index is -0.573. The maximum atomic E-state index is 6.52. The van der Waals surface area contributed by atoms with Crippen LogP contribution in [-0.4, -0.2) is 48.9 Å². The molecule has 2 aliphatic heterocycles. The average Bonchev–Trinajstić information content (AvgIpc) is 2.61. The summed E-state index contributed by atoms with van der Waals surface area (Å²) in [7, 11) is 1.73. The first kappa shape index (κ1) is 21.7. The molecule has 0 amide bonds. The Kier molecular flexibility index (Phi) is 5.97. The topological polar surface area (TPSA) is 40.2 Å². The lowest BCUT2D eigenvalue weighted by atomic mass is 9.77. The van der Waals surface area contributed by atoms with Crippen molar-refractivity contribution in [3.63, 3.8) is 0 Å². The number of hydrogen-bond donors (Lipinski definition) is 0. The van der Waals surface area contributed by atoms with Crippen molar-refractivity contribution in [3.05, 3.63) is 35.9 Å². The lowest BCUT2D eigenvalue weighted by Crippen LogP contribution is -2.68.